The number of hydrogen-bond donors (Lipinski definition) is 2. The third-order valence-corrected chi connectivity index (χ3v) is 4.24. The summed E-state index contributed by atoms with van der Waals surface area (Å²) in [6, 6.07) is 10.6. The Balaban J connectivity index is 1.59. The Labute approximate surface area is 173 Å². The molecule has 3 aromatic rings. The number of amides is 2. The van der Waals surface area contributed by atoms with Crippen LogP contribution in [0.15, 0.2) is 55.4 Å². The highest BCUT2D eigenvalue weighted by Gasteiger charge is 2.13. The molecule has 0 saturated carbocycles. The Morgan fingerprint density at radius 2 is 1.20 bits per heavy atom. The molecule has 0 atom stereocenters. The first-order valence-corrected chi connectivity index (χ1v) is 9.24. The van der Waals surface area contributed by atoms with E-state index in [1.807, 2.05) is 24.3 Å². The standard InChI is InChI=1S/C22H22N4O4/c1-13-8-19(15(3)29-13)21(27)25-23-11-17-6-5-7-18(10-17)12-24-26-22(28)20-9-14(2)30-16(20)4/h5-12H,1-4H3,(H,25,27)(H,26,28)/b23-11-,24-12-. The van der Waals surface area contributed by atoms with Gasteiger partial charge in [0.15, 0.2) is 0 Å². The van der Waals surface area contributed by atoms with E-state index in [-0.39, 0.29) is 11.8 Å². The molecule has 8 heteroatoms. The Morgan fingerprint density at radius 3 is 1.57 bits per heavy atom. The number of hydrogen-bond acceptors (Lipinski definition) is 6. The molecule has 1 aromatic carbocycles. The first-order chi connectivity index (χ1) is 14.3. The van der Waals surface area contributed by atoms with Gasteiger partial charge in [-0.25, -0.2) is 10.9 Å². The number of hydrazone groups is 2. The number of furan rings is 2. The van der Waals surface area contributed by atoms with Crippen molar-refractivity contribution >= 4 is 24.2 Å². The minimum Gasteiger partial charge on any atom is -0.466 e. The fraction of sp³-hybridized carbons (Fsp3) is 0.182. The van der Waals surface area contributed by atoms with Gasteiger partial charge in [0.25, 0.3) is 11.8 Å². The second-order valence-electron chi connectivity index (χ2n) is 6.72. The fourth-order valence-electron chi connectivity index (χ4n) is 2.88. The molecule has 2 amide bonds. The van der Waals surface area contributed by atoms with Crippen molar-refractivity contribution in [1.82, 2.24) is 10.9 Å². The summed E-state index contributed by atoms with van der Waals surface area (Å²) in [6.45, 7) is 7.00. The highest BCUT2D eigenvalue weighted by molar-refractivity contribution is 5.97. The van der Waals surface area contributed by atoms with Gasteiger partial charge in [0.05, 0.1) is 23.6 Å². The monoisotopic (exact) mass is 406 g/mol. The minimum atomic E-state index is -0.342. The van der Waals surface area contributed by atoms with Gasteiger partial charge in [-0.05, 0) is 57.0 Å². The summed E-state index contributed by atoms with van der Waals surface area (Å²) in [5, 5.41) is 7.96. The van der Waals surface area contributed by atoms with Gasteiger partial charge >= 0.3 is 0 Å². The van der Waals surface area contributed by atoms with E-state index in [1.165, 1.54) is 12.4 Å². The number of carbonyl (C=O) groups is 2. The highest BCUT2D eigenvalue weighted by Crippen LogP contribution is 2.14. The lowest BCUT2D eigenvalue weighted by Gasteiger charge is -1.99. The van der Waals surface area contributed by atoms with Crippen molar-refractivity contribution in [2.45, 2.75) is 27.7 Å². The Bertz CT molecular complexity index is 1050. The predicted molar refractivity (Wildman–Crippen MR) is 113 cm³/mol. The summed E-state index contributed by atoms with van der Waals surface area (Å²) in [5.74, 6) is 1.73. The Hall–Kier alpha value is -3.94. The second kappa shape index (κ2) is 9.04. The van der Waals surface area contributed by atoms with Gasteiger partial charge < -0.3 is 8.83 Å². The Kier molecular flexibility index (Phi) is 6.26. The normalized spacial score (nSPS) is 11.3. The van der Waals surface area contributed by atoms with Gasteiger partial charge in [-0.15, -0.1) is 0 Å². The molecule has 0 aliphatic heterocycles. The molecular weight excluding hydrogens is 384 g/mol. The molecule has 8 nitrogen and oxygen atoms in total. The first kappa shape index (κ1) is 20.8. The van der Waals surface area contributed by atoms with Crippen molar-refractivity contribution in [3.05, 3.63) is 81.7 Å². The zero-order valence-electron chi connectivity index (χ0n) is 17.1. The third-order valence-electron chi connectivity index (χ3n) is 4.24. The van der Waals surface area contributed by atoms with Crippen LogP contribution >= 0.6 is 0 Å². The molecule has 0 unspecified atom stereocenters. The van der Waals surface area contributed by atoms with Gasteiger partial charge in [-0.2, -0.15) is 10.2 Å². The highest BCUT2D eigenvalue weighted by atomic mass is 16.3. The van der Waals surface area contributed by atoms with Crippen LogP contribution in [0.2, 0.25) is 0 Å². The number of rotatable bonds is 6. The summed E-state index contributed by atoms with van der Waals surface area (Å²) in [7, 11) is 0. The second-order valence-corrected chi connectivity index (χ2v) is 6.72. The summed E-state index contributed by atoms with van der Waals surface area (Å²) in [4.78, 5) is 24.3. The molecule has 154 valence electrons. The van der Waals surface area contributed by atoms with E-state index in [9.17, 15) is 9.59 Å². The van der Waals surface area contributed by atoms with E-state index in [1.54, 1.807) is 39.8 Å². The number of aryl methyl sites for hydroxylation is 4. The van der Waals surface area contributed by atoms with Crippen LogP contribution in [0.3, 0.4) is 0 Å². The summed E-state index contributed by atoms with van der Waals surface area (Å²) in [5.41, 5.74) is 7.36. The van der Waals surface area contributed by atoms with Crippen LogP contribution in [0.1, 0.15) is 54.9 Å². The quantitative estimate of drug-likeness (QED) is 0.481. The summed E-state index contributed by atoms with van der Waals surface area (Å²) >= 11 is 0. The van der Waals surface area contributed by atoms with Gasteiger partial charge in [-0.1, -0.05) is 18.2 Å². The maximum atomic E-state index is 12.1. The molecule has 2 aromatic heterocycles. The molecule has 0 saturated heterocycles. The largest absolute Gasteiger partial charge is 0.466 e. The molecule has 0 radical (unpaired) electrons. The summed E-state index contributed by atoms with van der Waals surface area (Å²) < 4.78 is 10.7. The zero-order chi connectivity index (χ0) is 21.7. The van der Waals surface area contributed by atoms with Crippen LogP contribution in [0.4, 0.5) is 0 Å². The van der Waals surface area contributed by atoms with Gasteiger partial charge in [0, 0.05) is 0 Å². The maximum absolute atomic E-state index is 12.1. The first-order valence-electron chi connectivity index (χ1n) is 9.24. The zero-order valence-corrected chi connectivity index (χ0v) is 17.1. The predicted octanol–water partition coefficient (Wildman–Crippen LogP) is 3.63. The van der Waals surface area contributed by atoms with Crippen LogP contribution in [-0.2, 0) is 0 Å². The molecular formula is C22H22N4O4. The fourth-order valence-corrected chi connectivity index (χ4v) is 2.88. The van der Waals surface area contributed by atoms with Crippen molar-refractivity contribution < 1.29 is 18.4 Å². The van der Waals surface area contributed by atoms with Crippen molar-refractivity contribution in [2.75, 3.05) is 0 Å². The van der Waals surface area contributed by atoms with Crippen LogP contribution in [0.25, 0.3) is 0 Å². The molecule has 0 spiro atoms. The molecule has 30 heavy (non-hydrogen) atoms. The van der Waals surface area contributed by atoms with Gasteiger partial charge in [-0.3, -0.25) is 9.59 Å². The molecule has 3 rings (SSSR count). The van der Waals surface area contributed by atoms with E-state index in [0.29, 0.717) is 34.2 Å². The topological polar surface area (TPSA) is 109 Å². The van der Waals surface area contributed by atoms with E-state index >= 15 is 0 Å². The van der Waals surface area contributed by atoms with Crippen LogP contribution in [0, 0.1) is 27.7 Å². The average molecular weight is 406 g/mol. The average Bonchev–Trinajstić information content (AvgIpc) is 3.22. The number of nitrogens with one attached hydrogen (secondary N) is 2. The van der Waals surface area contributed by atoms with Crippen molar-refractivity contribution in [2.24, 2.45) is 10.2 Å². The minimum absolute atomic E-state index is 0.342. The van der Waals surface area contributed by atoms with E-state index < -0.39 is 0 Å². The SMILES string of the molecule is Cc1cc(C(=O)N/N=C\c2cccc(/C=N\NC(=O)c3cc(C)oc3C)c2)c(C)o1. The van der Waals surface area contributed by atoms with E-state index in [2.05, 4.69) is 21.1 Å². The number of nitrogens with zero attached hydrogens (tertiary/aromatic N) is 2. The molecule has 2 heterocycles. The lowest BCUT2D eigenvalue weighted by molar-refractivity contribution is 0.0945. The van der Waals surface area contributed by atoms with Gasteiger partial charge in [0.2, 0.25) is 0 Å². The van der Waals surface area contributed by atoms with Crippen LogP contribution in [0.5, 0.6) is 0 Å². The Morgan fingerprint density at radius 1 is 0.767 bits per heavy atom. The van der Waals surface area contributed by atoms with E-state index in [0.717, 1.165) is 11.1 Å². The molecule has 0 aliphatic carbocycles. The van der Waals surface area contributed by atoms with Crippen molar-refractivity contribution in [3.63, 3.8) is 0 Å². The molecule has 2 N–H and O–H groups in total. The van der Waals surface area contributed by atoms with Crippen molar-refractivity contribution in [1.29, 1.82) is 0 Å². The smallest absolute Gasteiger partial charge is 0.274 e. The van der Waals surface area contributed by atoms with E-state index in [4.69, 9.17) is 8.83 Å². The molecule has 0 fully saturated rings. The summed E-state index contributed by atoms with van der Waals surface area (Å²) in [6.07, 6.45) is 3.04. The molecule has 0 aliphatic rings. The third kappa shape index (κ3) is 5.11. The van der Waals surface area contributed by atoms with Crippen LogP contribution in [-0.4, -0.2) is 24.2 Å². The number of carbonyl (C=O) groups excluding carboxylic acids is 2. The molecule has 0 bridgehead atoms. The lowest BCUT2D eigenvalue weighted by Crippen LogP contribution is -2.18. The van der Waals surface area contributed by atoms with Gasteiger partial charge in [0.1, 0.15) is 23.0 Å². The lowest BCUT2D eigenvalue weighted by atomic mass is 10.1. The van der Waals surface area contributed by atoms with Crippen LogP contribution < -0.4 is 10.9 Å². The maximum Gasteiger partial charge on any atom is 0.274 e. The van der Waals surface area contributed by atoms with Crippen molar-refractivity contribution in [3.8, 4) is 0 Å². The number of benzene rings is 1.